The van der Waals surface area contributed by atoms with Crippen molar-refractivity contribution in [3.8, 4) is 0 Å². The van der Waals surface area contributed by atoms with Gasteiger partial charge in [-0.05, 0) is 47.2 Å². The van der Waals surface area contributed by atoms with Crippen LogP contribution in [0.3, 0.4) is 0 Å². The van der Waals surface area contributed by atoms with E-state index in [0.29, 0.717) is 6.54 Å². The number of rotatable bonds is 5. The standard InChI is InChI=1S/C17H27BrN4OS2/c1-2-19-16(20-12-17(23)5-10-24-13-17)22-8-6-21(7-9-22)11-14-3-4-15(18)25-14/h3-4,23H,2,5-13H2,1H3,(H,19,20). The van der Waals surface area contributed by atoms with Gasteiger partial charge in [-0.25, -0.2) is 0 Å². The molecule has 0 amide bonds. The average molecular weight is 447 g/mol. The van der Waals surface area contributed by atoms with E-state index >= 15 is 0 Å². The predicted octanol–water partition coefficient (Wildman–Crippen LogP) is 2.46. The molecule has 2 N–H and O–H groups in total. The van der Waals surface area contributed by atoms with Gasteiger partial charge in [-0.3, -0.25) is 9.89 Å². The summed E-state index contributed by atoms with van der Waals surface area (Å²) in [6.45, 7) is 8.52. The van der Waals surface area contributed by atoms with Gasteiger partial charge in [0.2, 0.25) is 0 Å². The van der Waals surface area contributed by atoms with E-state index in [1.165, 1.54) is 8.66 Å². The maximum absolute atomic E-state index is 10.5. The van der Waals surface area contributed by atoms with Gasteiger partial charge < -0.3 is 15.3 Å². The molecule has 1 aromatic rings. The Morgan fingerprint density at radius 1 is 1.36 bits per heavy atom. The van der Waals surface area contributed by atoms with Gasteiger partial charge in [-0.2, -0.15) is 11.8 Å². The summed E-state index contributed by atoms with van der Waals surface area (Å²) in [6.07, 6.45) is 0.852. The van der Waals surface area contributed by atoms with Crippen molar-refractivity contribution in [2.45, 2.75) is 25.5 Å². The summed E-state index contributed by atoms with van der Waals surface area (Å²) in [5, 5.41) is 13.9. The van der Waals surface area contributed by atoms with Crippen molar-refractivity contribution in [2.24, 2.45) is 4.99 Å². The number of halogens is 1. The molecule has 1 unspecified atom stereocenters. The largest absolute Gasteiger partial charge is 0.387 e. The van der Waals surface area contributed by atoms with Crippen LogP contribution in [0, 0.1) is 0 Å². The van der Waals surface area contributed by atoms with Crippen LogP contribution in [0.25, 0.3) is 0 Å². The normalized spacial score (nSPS) is 25.6. The zero-order chi connectivity index (χ0) is 17.7. The fourth-order valence-electron chi connectivity index (χ4n) is 3.14. The highest BCUT2D eigenvalue weighted by Crippen LogP contribution is 2.28. The summed E-state index contributed by atoms with van der Waals surface area (Å²) in [7, 11) is 0. The van der Waals surface area contributed by atoms with E-state index in [0.717, 1.165) is 63.2 Å². The predicted molar refractivity (Wildman–Crippen MR) is 112 cm³/mol. The van der Waals surface area contributed by atoms with Gasteiger partial charge in [-0.15, -0.1) is 11.3 Å². The highest BCUT2D eigenvalue weighted by Gasteiger charge is 2.32. The molecule has 2 aliphatic heterocycles. The Balaban J connectivity index is 1.53. The number of hydrogen-bond donors (Lipinski definition) is 2. The molecule has 1 aromatic heterocycles. The first-order chi connectivity index (χ1) is 12.1. The number of thioether (sulfide) groups is 1. The molecule has 2 saturated heterocycles. The Morgan fingerprint density at radius 3 is 2.76 bits per heavy atom. The highest BCUT2D eigenvalue weighted by atomic mass is 79.9. The molecule has 0 spiro atoms. The number of hydrogen-bond acceptors (Lipinski definition) is 5. The van der Waals surface area contributed by atoms with Crippen LogP contribution in [0.2, 0.25) is 0 Å². The molecular formula is C17H27BrN4OS2. The Morgan fingerprint density at radius 2 is 2.16 bits per heavy atom. The molecule has 25 heavy (non-hydrogen) atoms. The number of nitrogens with zero attached hydrogens (tertiary/aromatic N) is 3. The topological polar surface area (TPSA) is 51.1 Å². The molecule has 2 fully saturated rings. The molecule has 3 heterocycles. The number of aliphatic imine (C=N–C) groups is 1. The van der Waals surface area contributed by atoms with Gasteiger partial charge >= 0.3 is 0 Å². The Labute approximate surface area is 167 Å². The molecule has 0 aromatic carbocycles. The minimum absolute atomic E-state index is 0.506. The molecule has 8 heteroatoms. The molecular weight excluding hydrogens is 420 g/mol. The third-order valence-electron chi connectivity index (χ3n) is 4.62. The number of aliphatic hydroxyl groups is 1. The Hall–Kier alpha value is -0.280. The number of thiophene rings is 1. The minimum Gasteiger partial charge on any atom is -0.387 e. The Kier molecular flexibility index (Phi) is 7.08. The fraction of sp³-hybridized carbons (Fsp3) is 0.706. The van der Waals surface area contributed by atoms with Gasteiger partial charge in [0.25, 0.3) is 0 Å². The number of nitrogens with one attached hydrogen (secondary N) is 1. The fourth-order valence-corrected chi connectivity index (χ4v) is 5.95. The smallest absolute Gasteiger partial charge is 0.194 e. The average Bonchev–Trinajstić information content (AvgIpc) is 3.21. The van der Waals surface area contributed by atoms with Gasteiger partial charge in [0.15, 0.2) is 5.96 Å². The first-order valence-electron chi connectivity index (χ1n) is 8.88. The number of guanidine groups is 1. The maximum atomic E-state index is 10.5. The van der Waals surface area contributed by atoms with Crippen LogP contribution in [-0.2, 0) is 6.54 Å². The second kappa shape index (κ2) is 9.08. The monoisotopic (exact) mass is 446 g/mol. The molecule has 5 nitrogen and oxygen atoms in total. The molecule has 0 radical (unpaired) electrons. The maximum Gasteiger partial charge on any atom is 0.194 e. The first-order valence-corrected chi connectivity index (χ1v) is 11.6. The molecule has 0 bridgehead atoms. The van der Waals surface area contributed by atoms with E-state index in [9.17, 15) is 5.11 Å². The zero-order valence-corrected chi connectivity index (χ0v) is 17.9. The molecule has 0 aliphatic carbocycles. The van der Waals surface area contributed by atoms with Gasteiger partial charge in [-0.1, -0.05) is 0 Å². The first kappa shape index (κ1) is 19.5. The lowest BCUT2D eigenvalue weighted by Gasteiger charge is -2.36. The second-order valence-electron chi connectivity index (χ2n) is 6.67. The zero-order valence-electron chi connectivity index (χ0n) is 14.7. The van der Waals surface area contributed by atoms with Gasteiger partial charge in [0.1, 0.15) is 0 Å². The van der Waals surface area contributed by atoms with Gasteiger partial charge in [0, 0.05) is 49.9 Å². The van der Waals surface area contributed by atoms with E-state index < -0.39 is 5.60 Å². The lowest BCUT2D eigenvalue weighted by atomic mass is 10.0. The third kappa shape index (κ3) is 5.60. The van der Waals surface area contributed by atoms with Crippen LogP contribution >= 0.6 is 39.0 Å². The van der Waals surface area contributed by atoms with Crippen LogP contribution < -0.4 is 5.32 Å². The van der Waals surface area contributed by atoms with Crippen molar-refractivity contribution in [1.82, 2.24) is 15.1 Å². The van der Waals surface area contributed by atoms with Crippen molar-refractivity contribution in [2.75, 3.05) is 50.8 Å². The third-order valence-corrected chi connectivity index (χ3v) is 7.46. The molecule has 3 rings (SSSR count). The SMILES string of the molecule is CCNC(=NCC1(O)CCSC1)N1CCN(Cc2ccc(Br)s2)CC1. The van der Waals surface area contributed by atoms with Crippen molar-refractivity contribution < 1.29 is 5.11 Å². The summed E-state index contributed by atoms with van der Waals surface area (Å²) in [5.41, 5.74) is -0.611. The lowest BCUT2D eigenvalue weighted by Crippen LogP contribution is -2.52. The van der Waals surface area contributed by atoms with Crippen LogP contribution in [0.1, 0.15) is 18.2 Å². The van der Waals surface area contributed by atoms with E-state index in [4.69, 9.17) is 4.99 Å². The minimum atomic E-state index is -0.611. The van der Waals surface area contributed by atoms with Crippen LogP contribution in [0.5, 0.6) is 0 Å². The summed E-state index contributed by atoms with van der Waals surface area (Å²) >= 11 is 7.17. The highest BCUT2D eigenvalue weighted by molar-refractivity contribution is 9.11. The molecule has 140 valence electrons. The van der Waals surface area contributed by atoms with E-state index in [1.807, 2.05) is 23.1 Å². The van der Waals surface area contributed by atoms with Crippen molar-refractivity contribution in [3.63, 3.8) is 0 Å². The van der Waals surface area contributed by atoms with Gasteiger partial charge in [0.05, 0.1) is 15.9 Å². The van der Waals surface area contributed by atoms with E-state index in [-0.39, 0.29) is 0 Å². The summed E-state index contributed by atoms with van der Waals surface area (Å²) in [6, 6.07) is 4.32. The molecule has 1 atom stereocenters. The Bertz CT molecular complexity index is 581. The van der Waals surface area contributed by atoms with E-state index in [2.05, 4.69) is 50.1 Å². The molecule has 0 saturated carbocycles. The van der Waals surface area contributed by atoms with Crippen LogP contribution in [0.4, 0.5) is 0 Å². The van der Waals surface area contributed by atoms with Crippen molar-refractivity contribution in [1.29, 1.82) is 0 Å². The van der Waals surface area contributed by atoms with Crippen LogP contribution in [0.15, 0.2) is 20.9 Å². The van der Waals surface area contributed by atoms with Crippen molar-refractivity contribution >= 4 is 45.0 Å². The second-order valence-corrected chi connectivity index (χ2v) is 10.3. The summed E-state index contributed by atoms with van der Waals surface area (Å²) in [5.74, 6) is 2.80. The lowest BCUT2D eigenvalue weighted by molar-refractivity contribution is 0.0773. The van der Waals surface area contributed by atoms with Crippen LogP contribution in [-0.4, -0.2) is 77.2 Å². The number of piperazine rings is 1. The van der Waals surface area contributed by atoms with E-state index in [1.54, 1.807) is 0 Å². The molecule has 2 aliphatic rings. The summed E-state index contributed by atoms with van der Waals surface area (Å²) in [4.78, 5) is 11.0. The quantitative estimate of drug-likeness (QED) is 0.537. The summed E-state index contributed by atoms with van der Waals surface area (Å²) < 4.78 is 1.20. The van der Waals surface area contributed by atoms with Crippen molar-refractivity contribution in [3.05, 3.63) is 20.8 Å².